The van der Waals surface area contributed by atoms with E-state index in [-0.39, 0.29) is 5.41 Å². The van der Waals surface area contributed by atoms with Crippen molar-refractivity contribution < 1.29 is 0 Å². The van der Waals surface area contributed by atoms with E-state index in [1.165, 1.54) is 27.4 Å². The van der Waals surface area contributed by atoms with Gasteiger partial charge < -0.3 is 0 Å². The van der Waals surface area contributed by atoms with Crippen LogP contribution in [0, 0.1) is 6.92 Å². The molecule has 1 heterocycles. The lowest BCUT2D eigenvalue weighted by molar-refractivity contribution is 0.497. The van der Waals surface area contributed by atoms with E-state index in [4.69, 9.17) is 4.98 Å². The van der Waals surface area contributed by atoms with E-state index in [1.807, 2.05) is 0 Å². The third-order valence-corrected chi connectivity index (χ3v) is 4.38. The SMILES string of the molecule is CCC(C)(C)c1nc2ccc(C)cc2c2ccccc12. The molecule has 0 aliphatic carbocycles. The van der Waals surface area contributed by atoms with Crippen LogP contribution in [-0.4, -0.2) is 4.98 Å². The zero-order valence-electron chi connectivity index (χ0n) is 12.7. The van der Waals surface area contributed by atoms with Crippen molar-refractivity contribution in [2.45, 2.75) is 39.5 Å². The van der Waals surface area contributed by atoms with Crippen LogP contribution in [0.15, 0.2) is 42.5 Å². The largest absolute Gasteiger partial charge is 0.252 e. The normalized spacial score (nSPS) is 12.2. The summed E-state index contributed by atoms with van der Waals surface area (Å²) >= 11 is 0. The van der Waals surface area contributed by atoms with Crippen molar-refractivity contribution in [1.29, 1.82) is 0 Å². The first-order chi connectivity index (χ1) is 9.53. The molecule has 102 valence electrons. The van der Waals surface area contributed by atoms with Crippen molar-refractivity contribution in [3.8, 4) is 0 Å². The molecule has 0 atom stereocenters. The Morgan fingerprint density at radius 3 is 2.35 bits per heavy atom. The molecule has 2 aromatic carbocycles. The minimum atomic E-state index is 0.0959. The van der Waals surface area contributed by atoms with Crippen LogP contribution in [0.1, 0.15) is 38.4 Å². The van der Waals surface area contributed by atoms with E-state index in [1.54, 1.807) is 0 Å². The predicted molar refractivity (Wildman–Crippen MR) is 87.3 cm³/mol. The molecule has 1 aromatic heterocycles. The maximum Gasteiger partial charge on any atom is 0.0712 e. The number of pyridine rings is 1. The maximum absolute atomic E-state index is 4.99. The quantitative estimate of drug-likeness (QED) is 0.565. The van der Waals surface area contributed by atoms with E-state index >= 15 is 0 Å². The zero-order valence-corrected chi connectivity index (χ0v) is 12.7. The lowest BCUT2D eigenvalue weighted by Gasteiger charge is -2.24. The summed E-state index contributed by atoms with van der Waals surface area (Å²) in [5.41, 5.74) is 3.70. The second-order valence-corrected chi connectivity index (χ2v) is 6.26. The molecule has 0 fully saturated rings. The summed E-state index contributed by atoms with van der Waals surface area (Å²) in [5, 5.41) is 3.87. The van der Waals surface area contributed by atoms with E-state index in [2.05, 4.69) is 70.2 Å². The molecular formula is C19H21N. The Morgan fingerprint density at radius 1 is 0.950 bits per heavy atom. The lowest BCUT2D eigenvalue weighted by atomic mass is 9.83. The second kappa shape index (κ2) is 4.59. The van der Waals surface area contributed by atoms with Gasteiger partial charge in [-0.25, -0.2) is 0 Å². The highest BCUT2D eigenvalue weighted by atomic mass is 14.7. The van der Waals surface area contributed by atoms with Crippen LogP contribution in [0.5, 0.6) is 0 Å². The van der Waals surface area contributed by atoms with Gasteiger partial charge in [-0.05, 0) is 30.9 Å². The standard InChI is InChI=1S/C19H21N/c1-5-19(3,4)18-15-9-7-6-8-14(15)16-12-13(2)10-11-17(16)20-18/h6-12H,5H2,1-4H3. The average Bonchev–Trinajstić information content (AvgIpc) is 2.46. The topological polar surface area (TPSA) is 12.9 Å². The van der Waals surface area contributed by atoms with E-state index in [0.717, 1.165) is 11.9 Å². The molecule has 0 radical (unpaired) electrons. The Kier molecular flexibility index (Phi) is 3.01. The van der Waals surface area contributed by atoms with Gasteiger partial charge in [-0.2, -0.15) is 0 Å². The summed E-state index contributed by atoms with van der Waals surface area (Å²) in [5.74, 6) is 0. The van der Waals surface area contributed by atoms with Gasteiger partial charge in [0.2, 0.25) is 0 Å². The van der Waals surface area contributed by atoms with Gasteiger partial charge in [0, 0.05) is 16.2 Å². The first-order valence-electron chi connectivity index (χ1n) is 7.32. The molecule has 0 aliphatic rings. The van der Waals surface area contributed by atoms with Crippen LogP contribution in [0.4, 0.5) is 0 Å². The fourth-order valence-electron chi connectivity index (χ4n) is 2.75. The van der Waals surface area contributed by atoms with E-state index in [9.17, 15) is 0 Å². The number of benzene rings is 2. The Hall–Kier alpha value is -1.89. The van der Waals surface area contributed by atoms with E-state index in [0.29, 0.717) is 0 Å². The van der Waals surface area contributed by atoms with Gasteiger partial charge in [0.15, 0.2) is 0 Å². The molecule has 0 spiro atoms. The molecule has 0 bridgehead atoms. The van der Waals surface area contributed by atoms with Crippen LogP contribution >= 0.6 is 0 Å². The molecule has 0 unspecified atom stereocenters. The molecule has 3 aromatic rings. The number of hydrogen-bond acceptors (Lipinski definition) is 1. The lowest BCUT2D eigenvalue weighted by Crippen LogP contribution is -2.18. The molecule has 1 heteroatoms. The van der Waals surface area contributed by atoms with Crippen molar-refractivity contribution in [2.75, 3.05) is 0 Å². The predicted octanol–water partition coefficient (Wildman–Crippen LogP) is 5.38. The molecule has 0 saturated heterocycles. The number of rotatable bonds is 2. The third-order valence-electron chi connectivity index (χ3n) is 4.38. The van der Waals surface area contributed by atoms with E-state index < -0.39 is 0 Å². The number of fused-ring (bicyclic) bond motifs is 3. The van der Waals surface area contributed by atoms with Crippen molar-refractivity contribution in [3.05, 3.63) is 53.7 Å². The van der Waals surface area contributed by atoms with Crippen molar-refractivity contribution in [1.82, 2.24) is 4.98 Å². The minimum Gasteiger partial charge on any atom is -0.252 e. The number of aryl methyl sites for hydroxylation is 1. The highest BCUT2D eigenvalue weighted by molar-refractivity contribution is 6.07. The van der Waals surface area contributed by atoms with Crippen LogP contribution in [-0.2, 0) is 5.41 Å². The molecule has 0 aliphatic heterocycles. The smallest absolute Gasteiger partial charge is 0.0712 e. The molecule has 0 N–H and O–H groups in total. The molecule has 1 nitrogen and oxygen atoms in total. The minimum absolute atomic E-state index is 0.0959. The van der Waals surface area contributed by atoms with Crippen molar-refractivity contribution >= 4 is 21.7 Å². The fourth-order valence-corrected chi connectivity index (χ4v) is 2.75. The van der Waals surface area contributed by atoms with Crippen LogP contribution in [0.3, 0.4) is 0 Å². The first kappa shape index (κ1) is 13.1. The summed E-state index contributed by atoms with van der Waals surface area (Å²) in [7, 11) is 0. The maximum atomic E-state index is 4.99. The fraction of sp³-hybridized carbons (Fsp3) is 0.316. The Labute approximate surface area is 120 Å². The van der Waals surface area contributed by atoms with Gasteiger partial charge in [0.05, 0.1) is 11.2 Å². The molecule has 0 amide bonds. The highest BCUT2D eigenvalue weighted by Gasteiger charge is 2.23. The van der Waals surface area contributed by atoms with Gasteiger partial charge >= 0.3 is 0 Å². The summed E-state index contributed by atoms with van der Waals surface area (Å²) in [4.78, 5) is 4.99. The Morgan fingerprint density at radius 2 is 1.65 bits per heavy atom. The zero-order chi connectivity index (χ0) is 14.3. The summed E-state index contributed by atoms with van der Waals surface area (Å²) in [6.45, 7) is 8.93. The molecular weight excluding hydrogens is 242 g/mol. The van der Waals surface area contributed by atoms with Gasteiger partial charge in [-0.3, -0.25) is 4.98 Å². The summed E-state index contributed by atoms with van der Waals surface area (Å²) in [6.07, 6.45) is 1.08. The van der Waals surface area contributed by atoms with Gasteiger partial charge in [0.25, 0.3) is 0 Å². The van der Waals surface area contributed by atoms with Crippen molar-refractivity contribution in [2.24, 2.45) is 0 Å². The number of aromatic nitrogens is 1. The second-order valence-electron chi connectivity index (χ2n) is 6.26. The Bertz CT molecular complexity index is 784. The van der Waals surface area contributed by atoms with Gasteiger partial charge in [0.1, 0.15) is 0 Å². The summed E-state index contributed by atoms with van der Waals surface area (Å²) in [6, 6.07) is 15.2. The van der Waals surface area contributed by atoms with Gasteiger partial charge in [-0.15, -0.1) is 0 Å². The molecule has 0 saturated carbocycles. The molecule has 20 heavy (non-hydrogen) atoms. The first-order valence-corrected chi connectivity index (χ1v) is 7.32. The highest BCUT2D eigenvalue weighted by Crippen LogP contribution is 2.35. The average molecular weight is 263 g/mol. The van der Waals surface area contributed by atoms with Crippen molar-refractivity contribution in [3.63, 3.8) is 0 Å². The number of nitrogens with zero attached hydrogens (tertiary/aromatic N) is 1. The van der Waals surface area contributed by atoms with Crippen LogP contribution in [0.25, 0.3) is 21.7 Å². The Balaban J connectivity index is 2.49. The van der Waals surface area contributed by atoms with Gasteiger partial charge in [-0.1, -0.05) is 56.7 Å². The van der Waals surface area contributed by atoms with Crippen LogP contribution in [0.2, 0.25) is 0 Å². The van der Waals surface area contributed by atoms with Crippen LogP contribution < -0.4 is 0 Å². The third kappa shape index (κ3) is 1.98. The number of hydrogen-bond donors (Lipinski definition) is 0. The summed E-state index contributed by atoms with van der Waals surface area (Å²) < 4.78 is 0. The monoisotopic (exact) mass is 263 g/mol. The molecule has 3 rings (SSSR count).